The zero-order valence-electron chi connectivity index (χ0n) is 9.98. The van der Waals surface area contributed by atoms with Crippen molar-refractivity contribution in [3.63, 3.8) is 0 Å². The minimum atomic E-state index is -0.00828. The number of hydrogen-bond donors (Lipinski definition) is 2. The van der Waals surface area contributed by atoms with Crippen LogP contribution in [0.3, 0.4) is 0 Å². The van der Waals surface area contributed by atoms with Crippen LogP contribution in [0, 0.1) is 5.92 Å². The summed E-state index contributed by atoms with van der Waals surface area (Å²) in [5.41, 5.74) is 7.41. The lowest BCUT2D eigenvalue weighted by Crippen LogP contribution is -2.30. The number of ether oxygens (including phenoxy) is 1. The molecule has 1 saturated heterocycles. The lowest BCUT2D eigenvalue weighted by molar-refractivity contribution is -0.125. The van der Waals surface area contributed by atoms with Gasteiger partial charge in [-0.1, -0.05) is 12.1 Å². The van der Waals surface area contributed by atoms with E-state index in [4.69, 9.17) is 10.5 Å². The number of anilines is 1. The molecule has 17 heavy (non-hydrogen) atoms. The highest BCUT2D eigenvalue weighted by Gasteiger charge is 2.27. The second-order valence-corrected chi connectivity index (χ2v) is 4.54. The Balaban J connectivity index is 1.84. The molecule has 4 nitrogen and oxygen atoms in total. The molecule has 1 fully saturated rings. The van der Waals surface area contributed by atoms with E-state index in [0.717, 1.165) is 17.7 Å². The summed E-state index contributed by atoms with van der Waals surface area (Å²) in [6, 6.07) is 7.54. The highest BCUT2D eigenvalue weighted by Crippen LogP contribution is 2.19. The standard InChI is InChI=1S/C13H18N2O2/c1-9-5-11(8-17-9)13(16)15-7-10-3-2-4-12(14)6-10/h2-4,6,9,11H,5,7-8,14H2,1H3,(H,15,16). The zero-order chi connectivity index (χ0) is 12.3. The van der Waals surface area contributed by atoms with Crippen molar-refractivity contribution in [2.75, 3.05) is 12.3 Å². The lowest BCUT2D eigenvalue weighted by Gasteiger charge is -2.09. The first kappa shape index (κ1) is 11.9. The number of amides is 1. The second-order valence-electron chi connectivity index (χ2n) is 4.54. The van der Waals surface area contributed by atoms with Crippen LogP contribution in [0.5, 0.6) is 0 Å². The summed E-state index contributed by atoms with van der Waals surface area (Å²) >= 11 is 0. The Kier molecular flexibility index (Phi) is 3.64. The Bertz CT molecular complexity index is 406. The molecule has 1 aliphatic heterocycles. The van der Waals surface area contributed by atoms with E-state index >= 15 is 0 Å². The number of rotatable bonds is 3. The Hall–Kier alpha value is -1.55. The molecule has 0 spiro atoms. The first-order valence-electron chi connectivity index (χ1n) is 5.89. The molecule has 0 aromatic heterocycles. The van der Waals surface area contributed by atoms with Crippen LogP contribution in [0.1, 0.15) is 18.9 Å². The van der Waals surface area contributed by atoms with Crippen molar-refractivity contribution in [3.05, 3.63) is 29.8 Å². The maximum atomic E-state index is 11.8. The summed E-state index contributed by atoms with van der Waals surface area (Å²) in [5, 5.41) is 2.91. The van der Waals surface area contributed by atoms with E-state index in [1.165, 1.54) is 0 Å². The minimum Gasteiger partial charge on any atom is -0.399 e. The predicted molar refractivity (Wildman–Crippen MR) is 66.2 cm³/mol. The van der Waals surface area contributed by atoms with Gasteiger partial charge in [-0.3, -0.25) is 4.79 Å². The quantitative estimate of drug-likeness (QED) is 0.775. The first-order chi connectivity index (χ1) is 8.15. The Morgan fingerprint density at radius 3 is 3.06 bits per heavy atom. The van der Waals surface area contributed by atoms with E-state index < -0.39 is 0 Å². The number of nitrogens with two attached hydrogens (primary N) is 1. The first-order valence-corrected chi connectivity index (χ1v) is 5.89. The summed E-state index contributed by atoms with van der Waals surface area (Å²) in [6.45, 7) is 3.05. The monoisotopic (exact) mass is 234 g/mol. The van der Waals surface area contributed by atoms with Gasteiger partial charge in [-0.05, 0) is 31.0 Å². The molecule has 2 unspecified atom stereocenters. The van der Waals surface area contributed by atoms with E-state index in [1.807, 2.05) is 31.2 Å². The van der Waals surface area contributed by atoms with E-state index in [-0.39, 0.29) is 17.9 Å². The number of carbonyl (C=O) groups excluding carboxylic acids is 1. The van der Waals surface area contributed by atoms with Crippen LogP contribution in [0.4, 0.5) is 5.69 Å². The van der Waals surface area contributed by atoms with Crippen molar-refractivity contribution in [1.29, 1.82) is 0 Å². The Morgan fingerprint density at radius 1 is 1.59 bits per heavy atom. The third-order valence-corrected chi connectivity index (χ3v) is 2.99. The molecule has 2 atom stereocenters. The lowest BCUT2D eigenvalue weighted by atomic mass is 10.1. The van der Waals surface area contributed by atoms with Crippen molar-refractivity contribution in [2.45, 2.75) is 26.0 Å². The van der Waals surface area contributed by atoms with Crippen LogP contribution in [0.25, 0.3) is 0 Å². The number of benzene rings is 1. The minimum absolute atomic E-state index is 0.00828. The smallest absolute Gasteiger partial charge is 0.225 e. The fourth-order valence-electron chi connectivity index (χ4n) is 2.04. The number of hydrogen-bond acceptors (Lipinski definition) is 3. The molecule has 2 rings (SSSR count). The average molecular weight is 234 g/mol. The van der Waals surface area contributed by atoms with Gasteiger partial charge in [0.2, 0.25) is 5.91 Å². The largest absolute Gasteiger partial charge is 0.399 e. The summed E-state index contributed by atoms with van der Waals surface area (Å²) in [4.78, 5) is 11.8. The van der Waals surface area contributed by atoms with Gasteiger partial charge in [0.1, 0.15) is 0 Å². The van der Waals surface area contributed by atoms with Crippen LogP contribution in [-0.2, 0) is 16.1 Å². The molecule has 3 N–H and O–H groups in total. The summed E-state index contributed by atoms with van der Waals surface area (Å²) < 4.78 is 5.38. The molecule has 0 bridgehead atoms. The molecular formula is C13H18N2O2. The Morgan fingerprint density at radius 2 is 2.41 bits per heavy atom. The molecule has 1 aromatic carbocycles. The van der Waals surface area contributed by atoms with Crippen molar-refractivity contribution >= 4 is 11.6 Å². The van der Waals surface area contributed by atoms with Crippen molar-refractivity contribution in [3.8, 4) is 0 Å². The molecule has 0 radical (unpaired) electrons. The van der Waals surface area contributed by atoms with Gasteiger partial charge in [0.05, 0.1) is 18.6 Å². The fraction of sp³-hybridized carbons (Fsp3) is 0.462. The van der Waals surface area contributed by atoms with Crippen LogP contribution in [0.15, 0.2) is 24.3 Å². The molecular weight excluding hydrogens is 216 g/mol. The highest BCUT2D eigenvalue weighted by atomic mass is 16.5. The van der Waals surface area contributed by atoms with Gasteiger partial charge in [-0.2, -0.15) is 0 Å². The predicted octanol–water partition coefficient (Wildman–Crippen LogP) is 1.31. The van der Waals surface area contributed by atoms with Gasteiger partial charge < -0.3 is 15.8 Å². The number of nitrogens with one attached hydrogen (secondary N) is 1. The maximum Gasteiger partial charge on any atom is 0.225 e. The van der Waals surface area contributed by atoms with E-state index in [1.54, 1.807) is 0 Å². The van der Waals surface area contributed by atoms with Crippen LogP contribution >= 0.6 is 0 Å². The van der Waals surface area contributed by atoms with Crippen LogP contribution in [-0.4, -0.2) is 18.6 Å². The zero-order valence-corrected chi connectivity index (χ0v) is 9.98. The molecule has 0 saturated carbocycles. The molecule has 1 heterocycles. The average Bonchev–Trinajstić information content (AvgIpc) is 2.73. The van der Waals surface area contributed by atoms with Crippen LogP contribution in [0.2, 0.25) is 0 Å². The van der Waals surface area contributed by atoms with E-state index in [9.17, 15) is 4.79 Å². The molecule has 1 aliphatic rings. The van der Waals surface area contributed by atoms with Gasteiger partial charge >= 0.3 is 0 Å². The maximum absolute atomic E-state index is 11.8. The summed E-state index contributed by atoms with van der Waals surface area (Å²) in [5.74, 6) is 0.0582. The molecule has 92 valence electrons. The third-order valence-electron chi connectivity index (χ3n) is 2.99. The fourth-order valence-corrected chi connectivity index (χ4v) is 2.04. The van der Waals surface area contributed by atoms with Crippen LogP contribution < -0.4 is 11.1 Å². The van der Waals surface area contributed by atoms with Gasteiger partial charge in [0.15, 0.2) is 0 Å². The molecule has 1 aromatic rings. The molecule has 0 aliphatic carbocycles. The highest BCUT2D eigenvalue weighted by molar-refractivity contribution is 5.79. The van der Waals surface area contributed by atoms with Gasteiger partial charge in [0, 0.05) is 12.2 Å². The third kappa shape index (κ3) is 3.20. The van der Waals surface area contributed by atoms with Crippen molar-refractivity contribution in [2.24, 2.45) is 5.92 Å². The number of nitrogen functional groups attached to an aromatic ring is 1. The summed E-state index contributed by atoms with van der Waals surface area (Å²) in [6.07, 6.45) is 1.00. The van der Waals surface area contributed by atoms with Gasteiger partial charge in [0.25, 0.3) is 0 Å². The topological polar surface area (TPSA) is 64.4 Å². The number of carbonyl (C=O) groups is 1. The normalized spacial score (nSPS) is 23.6. The van der Waals surface area contributed by atoms with Gasteiger partial charge in [-0.15, -0.1) is 0 Å². The second kappa shape index (κ2) is 5.19. The molecule has 4 heteroatoms. The van der Waals surface area contributed by atoms with E-state index in [2.05, 4.69) is 5.32 Å². The van der Waals surface area contributed by atoms with E-state index in [0.29, 0.717) is 13.2 Å². The Labute approximate surface area is 101 Å². The van der Waals surface area contributed by atoms with Crippen molar-refractivity contribution < 1.29 is 9.53 Å². The van der Waals surface area contributed by atoms with Crippen molar-refractivity contribution in [1.82, 2.24) is 5.32 Å². The summed E-state index contributed by atoms with van der Waals surface area (Å²) in [7, 11) is 0. The van der Waals surface area contributed by atoms with Gasteiger partial charge in [-0.25, -0.2) is 0 Å². The SMILES string of the molecule is CC1CC(C(=O)NCc2cccc(N)c2)CO1. The molecule has 1 amide bonds.